The second kappa shape index (κ2) is 7.39. The molecule has 100 valence electrons. The molecule has 1 unspecified atom stereocenters. The Balaban J connectivity index is 1.50. The predicted molar refractivity (Wildman–Crippen MR) is 75.6 cm³/mol. The largest absolute Gasteiger partial charge is 0.399 e. The van der Waals surface area contributed by atoms with E-state index in [1.165, 1.54) is 18.4 Å². The van der Waals surface area contributed by atoms with Crippen molar-refractivity contribution in [3.63, 3.8) is 0 Å². The minimum atomic E-state index is 0.506. The Kier molecular flexibility index (Phi) is 5.49. The van der Waals surface area contributed by atoms with Crippen LogP contribution in [0.1, 0.15) is 31.2 Å². The monoisotopic (exact) mass is 248 g/mol. The minimum Gasteiger partial charge on any atom is -0.399 e. The molecule has 0 aliphatic carbocycles. The number of rotatable bonds is 7. The summed E-state index contributed by atoms with van der Waals surface area (Å²) in [4.78, 5) is 0. The number of nitrogen functional groups attached to an aromatic ring is 1. The Bertz CT molecular complexity index is 348. The molecule has 0 radical (unpaired) electrons. The molecule has 1 aromatic carbocycles. The summed E-state index contributed by atoms with van der Waals surface area (Å²) in [5.41, 5.74) is 7.94. The Labute approximate surface area is 110 Å². The van der Waals surface area contributed by atoms with Gasteiger partial charge in [-0.25, -0.2) is 0 Å². The Morgan fingerprint density at radius 3 is 3.06 bits per heavy atom. The SMILES string of the molecule is Nc1cccc(CCCNCCC2CCCO2)c1. The van der Waals surface area contributed by atoms with Crippen molar-refractivity contribution in [2.24, 2.45) is 0 Å². The van der Waals surface area contributed by atoms with E-state index in [4.69, 9.17) is 10.5 Å². The van der Waals surface area contributed by atoms with Crippen LogP contribution in [0, 0.1) is 0 Å². The number of benzene rings is 1. The van der Waals surface area contributed by atoms with Gasteiger partial charge in [0.1, 0.15) is 0 Å². The summed E-state index contributed by atoms with van der Waals surface area (Å²) in [6.07, 6.45) is 6.39. The van der Waals surface area contributed by atoms with Gasteiger partial charge < -0.3 is 15.8 Å². The van der Waals surface area contributed by atoms with Crippen LogP contribution >= 0.6 is 0 Å². The van der Waals surface area contributed by atoms with Crippen molar-refractivity contribution >= 4 is 5.69 Å². The number of nitrogens with two attached hydrogens (primary N) is 1. The van der Waals surface area contributed by atoms with Crippen molar-refractivity contribution in [3.8, 4) is 0 Å². The van der Waals surface area contributed by atoms with Crippen molar-refractivity contribution in [2.75, 3.05) is 25.4 Å². The Morgan fingerprint density at radius 2 is 2.28 bits per heavy atom. The summed E-state index contributed by atoms with van der Waals surface area (Å²) in [5, 5.41) is 3.49. The van der Waals surface area contributed by atoms with Crippen LogP contribution in [0.25, 0.3) is 0 Å². The first kappa shape index (κ1) is 13.4. The third-order valence-electron chi connectivity index (χ3n) is 3.44. The number of anilines is 1. The fraction of sp³-hybridized carbons (Fsp3) is 0.600. The maximum absolute atomic E-state index is 5.75. The molecule has 1 saturated heterocycles. The van der Waals surface area contributed by atoms with Gasteiger partial charge in [0.2, 0.25) is 0 Å². The molecule has 3 nitrogen and oxygen atoms in total. The maximum Gasteiger partial charge on any atom is 0.0588 e. The first-order valence-corrected chi connectivity index (χ1v) is 7.01. The molecule has 0 amide bonds. The predicted octanol–water partition coefficient (Wildman–Crippen LogP) is 2.36. The topological polar surface area (TPSA) is 47.3 Å². The summed E-state index contributed by atoms with van der Waals surface area (Å²) >= 11 is 0. The van der Waals surface area contributed by atoms with Gasteiger partial charge in [0.15, 0.2) is 0 Å². The zero-order chi connectivity index (χ0) is 12.6. The van der Waals surface area contributed by atoms with E-state index in [9.17, 15) is 0 Å². The number of hydrogen-bond donors (Lipinski definition) is 2. The van der Waals surface area contributed by atoms with Gasteiger partial charge in [-0.2, -0.15) is 0 Å². The molecule has 1 atom stereocenters. The number of hydrogen-bond acceptors (Lipinski definition) is 3. The van der Waals surface area contributed by atoms with Crippen molar-refractivity contribution in [1.29, 1.82) is 0 Å². The highest BCUT2D eigenvalue weighted by atomic mass is 16.5. The molecular formula is C15H24N2O. The average molecular weight is 248 g/mol. The molecule has 2 rings (SSSR count). The van der Waals surface area contributed by atoms with Gasteiger partial charge in [-0.15, -0.1) is 0 Å². The molecule has 1 aromatic rings. The molecule has 1 aliphatic heterocycles. The molecule has 1 fully saturated rings. The van der Waals surface area contributed by atoms with Crippen LogP contribution in [0.2, 0.25) is 0 Å². The highest BCUT2D eigenvalue weighted by Crippen LogP contribution is 2.14. The normalized spacial score (nSPS) is 19.2. The molecule has 0 spiro atoms. The van der Waals surface area contributed by atoms with Crippen molar-refractivity contribution < 1.29 is 4.74 Å². The van der Waals surface area contributed by atoms with Crippen LogP contribution in [0.3, 0.4) is 0 Å². The zero-order valence-electron chi connectivity index (χ0n) is 11.0. The number of nitrogens with one attached hydrogen (secondary N) is 1. The first-order valence-electron chi connectivity index (χ1n) is 7.01. The van der Waals surface area contributed by atoms with E-state index in [1.807, 2.05) is 12.1 Å². The Morgan fingerprint density at radius 1 is 1.33 bits per heavy atom. The van der Waals surface area contributed by atoms with Gasteiger partial charge in [-0.3, -0.25) is 0 Å². The molecular weight excluding hydrogens is 224 g/mol. The van der Waals surface area contributed by atoms with Gasteiger partial charge in [0, 0.05) is 12.3 Å². The van der Waals surface area contributed by atoms with Crippen LogP contribution in [0.5, 0.6) is 0 Å². The van der Waals surface area contributed by atoms with Crippen LogP contribution < -0.4 is 11.1 Å². The van der Waals surface area contributed by atoms with Gasteiger partial charge in [0.25, 0.3) is 0 Å². The lowest BCUT2D eigenvalue weighted by atomic mass is 10.1. The van der Waals surface area contributed by atoms with E-state index in [0.29, 0.717) is 6.10 Å². The second-order valence-corrected chi connectivity index (χ2v) is 5.02. The maximum atomic E-state index is 5.75. The van der Waals surface area contributed by atoms with Gasteiger partial charge in [-0.1, -0.05) is 12.1 Å². The van der Waals surface area contributed by atoms with Gasteiger partial charge >= 0.3 is 0 Å². The first-order chi connectivity index (χ1) is 8.84. The highest BCUT2D eigenvalue weighted by Gasteiger charge is 2.14. The Hall–Kier alpha value is -1.06. The standard InChI is InChI=1S/C15H24N2O/c16-14-6-1-4-13(12-14)5-2-9-17-10-8-15-7-3-11-18-15/h1,4,6,12,15,17H,2-3,5,7-11,16H2. The van der Waals surface area contributed by atoms with Crippen molar-refractivity contribution in [2.45, 2.75) is 38.2 Å². The third-order valence-corrected chi connectivity index (χ3v) is 3.44. The summed E-state index contributed by atoms with van der Waals surface area (Å²) in [6, 6.07) is 8.16. The molecule has 3 N–H and O–H groups in total. The molecule has 1 aliphatic rings. The summed E-state index contributed by atoms with van der Waals surface area (Å²) < 4.78 is 5.59. The second-order valence-electron chi connectivity index (χ2n) is 5.02. The van der Waals surface area contributed by atoms with Crippen LogP contribution in [-0.2, 0) is 11.2 Å². The van der Waals surface area contributed by atoms with E-state index in [-0.39, 0.29) is 0 Å². The molecule has 1 heterocycles. The number of aryl methyl sites for hydroxylation is 1. The highest BCUT2D eigenvalue weighted by molar-refractivity contribution is 5.40. The van der Waals surface area contributed by atoms with E-state index in [0.717, 1.165) is 44.6 Å². The van der Waals surface area contributed by atoms with E-state index >= 15 is 0 Å². The molecule has 0 aromatic heterocycles. The quantitative estimate of drug-likeness (QED) is 0.575. The van der Waals surface area contributed by atoms with E-state index in [1.54, 1.807) is 0 Å². The van der Waals surface area contributed by atoms with Crippen LogP contribution in [-0.4, -0.2) is 25.8 Å². The van der Waals surface area contributed by atoms with Crippen molar-refractivity contribution in [1.82, 2.24) is 5.32 Å². The summed E-state index contributed by atoms with van der Waals surface area (Å²) in [6.45, 7) is 3.10. The van der Waals surface area contributed by atoms with Crippen molar-refractivity contribution in [3.05, 3.63) is 29.8 Å². The van der Waals surface area contributed by atoms with E-state index in [2.05, 4.69) is 17.4 Å². The van der Waals surface area contributed by atoms with E-state index < -0.39 is 0 Å². The fourth-order valence-corrected chi connectivity index (χ4v) is 2.43. The van der Waals surface area contributed by atoms with Crippen LogP contribution in [0.15, 0.2) is 24.3 Å². The smallest absolute Gasteiger partial charge is 0.0588 e. The van der Waals surface area contributed by atoms with Crippen LogP contribution in [0.4, 0.5) is 5.69 Å². The summed E-state index contributed by atoms with van der Waals surface area (Å²) in [7, 11) is 0. The lowest BCUT2D eigenvalue weighted by molar-refractivity contribution is 0.104. The van der Waals surface area contributed by atoms with Gasteiger partial charge in [-0.05, 0) is 62.9 Å². The lowest BCUT2D eigenvalue weighted by Gasteiger charge is -2.10. The molecule has 18 heavy (non-hydrogen) atoms. The minimum absolute atomic E-state index is 0.506. The number of ether oxygens (including phenoxy) is 1. The van der Waals surface area contributed by atoms with Gasteiger partial charge in [0.05, 0.1) is 6.10 Å². The lowest BCUT2D eigenvalue weighted by Crippen LogP contribution is -2.21. The average Bonchev–Trinajstić information content (AvgIpc) is 2.87. The summed E-state index contributed by atoms with van der Waals surface area (Å²) in [5.74, 6) is 0. The molecule has 0 bridgehead atoms. The third kappa shape index (κ3) is 4.67. The zero-order valence-corrected chi connectivity index (χ0v) is 11.0. The fourth-order valence-electron chi connectivity index (χ4n) is 2.43. The molecule has 0 saturated carbocycles. The molecule has 3 heteroatoms.